The molecule has 2 heterocycles. The summed E-state index contributed by atoms with van der Waals surface area (Å²) in [6, 6.07) is 6.00. The third kappa shape index (κ3) is 19.6. The van der Waals surface area contributed by atoms with Gasteiger partial charge in [0.15, 0.2) is 11.9 Å². The van der Waals surface area contributed by atoms with Crippen molar-refractivity contribution in [1.82, 2.24) is 47.5 Å². The van der Waals surface area contributed by atoms with Crippen LogP contribution in [0.15, 0.2) is 64.7 Å². The molecule has 19 N–H and O–H groups in total. The van der Waals surface area contributed by atoms with Gasteiger partial charge in [0.25, 0.3) is 0 Å². The summed E-state index contributed by atoms with van der Waals surface area (Å²) in [7, 11) is 0. The van der Waals surface area contributed by atoms with Crippen LogP contribution in [0, 0.1) is 17.2 Å². The number of nitrogens with zero attached hydrogens (tertiary/aromatic N) is 3. The number of aromatic nitrogens is 1. The summed E-state index contributed by atoms with van der Waals surface area (Å²) >= 11 is 0. The molecule has 0 radical (unpaired) electrons. The average Bonchev–Trinajstić information content (AvgIpc) is 3.78. The van der Waals surface area contributed by atoms with E-state index >= 15 is 0 Å². The summed E-state index contributed by atoms with van der Waals surface area (Å²) in [5, 5.41) is 31.6. The number of guanidine groups is 2. The minimum atomic E-state index is -1.47. The SMILES string of the molecule is CC(=O)N[C@@H](CCCN=C(N)N)C(=O)N[C@H]1CCC(=O)NCCC[C@@H](C(N)=O)NC(=O)C(Cc2c[nH]c3ccccc23)NC(=O)[C@H](CCCN=C(N)N)NC(=O)[C@@H](Cc2ccc(C#N)cc2)NC(=O)[C@H](C(C)C)NC1=O. The summed E-state index contributed by atoms with van der Waals surface area (Å²) in [6.45, 7) is 4.60. The van der Waals surface area contributed by atoms with E-state index in [1.54, 1.807) is 38.2 Å². The molecule has 1 unspecified atom stereocenters. The molecule has 1 aliphatic heterocycles. The van der Waals surface area contributed by atoms with Crippen molar-refractivity contribution in [1.29, 1.82) is 5.26 Å². The van der Waals surface area contributed by atoms with Gasteiger partial charge in [-0.15, -0.1) is 0 Å². The molecule has 3 aromatic rings. The maximum atomic E-state index is 14.7. The smallest absolute Gasteiger partial charge is 0.243 e. The molecule has 1 aliphatic rings. The maximum Gasteiger partial charge on any atom is 0.243 e. The first-order valence-electron chi connectivity index (χ1n) is 25.0. The van der Waals surface area contributed by atoms with Gasteiger partial charge < -0.3 is 76.2 Å². The number of amides is 9. The fraction of sp³-hybridized carbons (Fsp3) is 0.480. The summed E-state index contributed by atoms with van der Waals surface area (Å²) in [5.74, 6) is -8.07. The maximum absolute atomic E-state index is 14.7. The first kappa shape index (κ1) is 59.8. The molecular formula is C50H71N17O9. The van der Waals surface area contributed by atoms with E-state index in [1.807, 2.05) is 24.3 Å². The Morgan fingerprint density at radius 3 is 2.01 bits per heavy atom. The fourth-order valence-corrected chi connectivity index (χ4v) is 8.27. The van der Waals surface area contributed by atoms with Gasteiger partial charge in [0.05, 0.1) is 11.6 Å². The van der Waals surface area contributed by atoms with Crippen LogP contribution in [0.3, 0.4) is 0 Å². The lowest BCUT2D eigenvalue weighted by atomic mass is 9.99. The average molecular weight is 1050 g/mol. The number of carbonyl (C=O) groups is 9. The minimum Gasteiger partial charge on any atom is -0.370 e. The highest BCUT2D eigenvalue weighted by molar-refractivity contribution is 5.98. The molecule has 26 nitrogen and oxygen atoms in total. The number of aromatic amines is 1. The van der Waals surface area contributed by atoms with Crippen LogP contribution < -0.4 is 71.2 Å². The van der Waals surface area contributed by atoms with Crippen LogP contribution in [-0.4, -0.2) is 132 Å². The number of nitriles is 1. The molecule has 0 aliphatic carbocycles. The quantitative estimate of drug-likeness (QED) is 0.0369. The molecule has 1 fully saturated rings. The van der Waals surface area contributed by atoms with E-state index in [2.05, 4.69) is 57.5 Å². The van der Waals surface area contributed by atoms with E-state index < -0.39 is 101 Å². The number of rotatable bonds is 17. The van der Waals surface area contributed by atoms with E-state index in [0.29, 0.717) is 16.7 Å². The summed E-state index contributed by atoms with van der Waals surface area (Å²) < 4.78 is 0. The van der Waals surface area contributed by atoms with Crippen LogP contribution in [0.2, 0.25) is 0 Å². The molecule has 1 aromatic heterocycles. The van der Waals surface area contributed by atoms with Crippen molar-refractivity contribution in [3.63, 3.8) is 0 Å². The van der Waals surface area contributed by atoms with Crippen molar-refractivity contribution < 1.29 is 43.2 Å². The van der Waals surface area contributed by atoms with Crippen LogP contribution in [0.4, 0.5) is 0 Å². The molecule has 2 aromatic carbocycles. The zero-order valence-corrected chi connectivity index (χ0v) is 42.9. The zero-order chi connectivity index (χ0) is 55.9. The number of nitrogens with one attached hydrogen (secondary N) is 9. The summed E-state index contributed by atoms with van der Waals surface area (Å²) in [4.78, 5) is 136. The van der Waals surface area contributed by atoms with Crippen molar-refractivity contribution >= 4 is 76.0 Å². The number of aliphatic imine (C=N–C) groups is 2. The fourth-order valence-electron chi connectivity index (χ4n) is 8.27. The second kappa shape index (κ2) is 29.8. The highest BCUT2D eigenvalue weighted by Gasteiger charge is 2.35. The van der Waals surface area contributed by atoms with Gasteiger partial charge in [-0.05, 0) is 80.2 Å². The van der Waals surface area contributed by atoms with Gasteiger partial charge in [0.2, 0.25) is 53.2 Å². The van der Waals surface area contributed by atoms with Gasteiger partial charge in [-0.3, -0.25) is 53.1 Å². The van der Waals surface area contributed by atoms with Crippen molar-refractivity contribution in [2.45, 2.75) is 127 Å². The monoisotopic (exact) mass is 1050 g/mol. The number of H-pyrrole nitrogens is 1. The molecule has 4 rings (SSSR count). The molecule has 0 spiro atoms. The topological polar surface area (TPSA) is 444 Å². The number of fused-ring (bicyclic) bond motifs is 1. The Morgan fingerprint density at radius 2 is 1.37 bits per heavy atom. The Kier molecular flexibility index (Phi) is 23.5. The second-order valence-electron chi connectivity index (χ2n) is 18.7. The van der Waals surface area contributed by atoms with Crippen molar-refractivity contribution in [3.8, 4) is 6.07 Å². The zero-order valence-electron chi connectivity index (χ0n) is 42.9. The largest absolute Gasteiger partial charge is 0.370 e. The van der Waals surface area contributed by atoms with Crippen LogP contribution in [0.5, 0.6) is 0 Å². The Bertz CT molecular complexity index is 2640. The molecule has 1 saturated heterocycles. The second-order valence-corrected chi connectivity index (χ2v) is 18.7. The number of benzene rings is 2. The minimum absolute atomic E-state index is 0.0158. The first-order valence-corrected chi connectivity index (χ1v) is 25.0. The van der Waals surface area contributed by atoms with E-state index in [-0.39, 0.29) is 95.8 Å². The molecule has 7 atom stereocenters. The highest BCUT2D eigenvalue weighted by atomic mass is 16.2. The number of carbonyl (C=O) groups excluding carboxylic acids is 9. The molecule has 0 bridgehead atoms. The molecular weight excluding hydrogens is 983 g/mol. The van der Waals surface area contributed by atoms with E-state index in [0.717, 1.165) is 10.9 Å². The number of hydrogen-bond acceptors (Lipinski definition) is 12. The molecule has 9 amide bonds. The lowest BCUT2D eigenvalue weighted by molar-refractivity contribution is -0.136. The van der Waals surface area contributed by atoms with Crippen molar-refractivity contribution in [2.75, 3.05) is 19.6 Å². The highest BCUT2D eigenvalue weighted by Crippen LogP contribution is 2.20. The summed E-state index contributed by atoms with van der Waals surface area (Å²) in [6.07, 6.45) is 1.19. The van der Waals surface area contributed by atoms with Crippen LogP contribution in [-0.2, 0) is 56.0 Å². The van der Waals surface area contributed by atoms with Gasteiger partial charge in [0, 0.05) is 62.9 Å². The lowest BCUT2D eigenvalue weighted by Gasteiger charge is -2.29. The van der Waals surface area contributed by atoms with Gasteiger partial charge >= 0.3 is 0 Å². The Hall–Kier alpha value is -8.76. The van der Waals surface area contributed by atoms with E-state index in [9.17, 15) is 48.4 Å². The number of para-hydroxylation sites is 1. The Balaban J connectivity index is 1.78. The van der Waals surface area contributed by atoms with Crippen LogP contribution in [0.25, 0.3) is 10.9 Å². The molecule has 0 saturated carbocycles. The van der Waals surface area contributed by atoms with Gasteiger partial charge in [-0.1, -0.05) is 44.2 Å². The molecule has 410 valence electrons. The van der Waals surface area contributed by atoms with Gasteiger partial charge in [-0.2, -0.15) is 5.26 Å². The lowest BCUT2D eigenvalue weighted by Crippen LogP contribution is -2.61. The number of hydrogen-bond donors (Lipinski definition) is 14. The van der Waals surface area contributed by atoms with Crippen molar-refractivity contribution in [3.05, 3.63) is 71.4 Å². The molecule has 26 heteroatoms. The Morgan fingerprint density at radius 1 is 0.750 bits per heavy atom. The summed E-state index contributed by atoms with van der Waals surface area (Å²) in [5.41, 5.74) is 30.0. The predicted molar refractivity (Wildman–Crippen MR) is 281 cm³/mol. The third-order valence-electron chi connectivity index (χ3n) is 12.3. The first-order chi connectivity index (χ1) is 36.1. The van der Waals surface area contributed by atoms with E-state index in [1.165, 1.54) is 19.1 Å². The third-order valence-corrected chi connectivity index (χ3v) is 12.3. The van der Waals surface area contributed by atoms with Crippen molar-refractivity contribution in [2.24, 2.45) is 44.6 Å². The van der Waals surface area contributed by atoms with Crippen LogP contribution in [0.1, 0.15) is 88.8 Å². The number of nitrogens with two attached hydrogens (primary N) is 5. The standard InChI is InChI=1S/C50H71N17O9/c1-27(2)41-48(76)66-38(23-29-14-16-30(25-51)17-15-29)46(74)63-36(13-8-22-59-50(55)56)44(72)65-39(24-31-26-60-33-10-5-4-9-32(31)33)47(75)62-34(42(52)70)11-6-20-57-40(69)19-18-37(45(73)67-41)64-43(71)35(61-28(3)68)12-7-21-58-49(53)54/h4-5,9-10,14-17,26-27,34-39,41,60H,6-8,11-13,18-24H2,1-3H3,(H2,52,70)(H,57,69)(H,61,68)(H,62,75)(H,63,74)(H,64,71)(H,65,72)(H,66,76)(H,67,73)(H4,53,54,58)(H4,55,56,59)/t34-,35-,36-,37-,38+,39?,41-/m0/s1. The Labute approximate surface area is 439 Å². The van der Waals surface area contributed by atoms with E-state index in [4.69, 9.17) is 28.7 Å². The molecule has 76 heavy (non-hydrogen) atoms. The predicted octanol–water partition coefficient (Wildman–Crippen LogP) is -2.82. The van der Waals surface area contributed by atoms with Gasteiger partial charge in [-0.25, -0.2) is 0 Å². The van der Waals surface area contributed by atoms with Crippen LogP contribution >= 0.6 is 0 Å². The van der Waals surface area contributed by atoms with Gasteiger partial charge in [0.1, 0.15) is 42.3 Å². The normalized spacial score (nSPS) is 20.9. The number of primary amides is 1.